The van der Waals surface area contributed by atoms with Gasteiger partial charge in [0, 0.05) is 30.4 Å². The fourth-order valence-corrected chi connectivity index (χ4v) is 6.47. The van der Waals surface area contributed by atoms with E-state index < -0.39 is 21.3 Å². The van der Waals surface area contributed by atoms with Crippen molar-refractivity contribution in [3.8, 4) is 11.3 Å². The number of aliphatic hydroxyl groups is 1. The van der Waals surface area contributed by atoms with Crippen LogP contribution in [0.1, 0.15) is 74.2 Å². The molecule has 1 aliphatic heterocycles. The number of benzene rings is 1. The van der Waals surface area contributed by atoms with E-state index in [9.17, 15) is 18.3 Å². The molecule has 4 N–H and O–H groups in total. The number of nitrogens with one attached hydrogen (secondary N) is 1. The second-order valence-corrected chi connectivity index (χ2v) is 13.3. The van der Waals surface area contributed by atoms with Crippen LogP contribution in [0.15, 0.2) is 29.3 Å². The summed E-state index contributed by atoms with van der Waals surface area (Å²) < 4.78 is 28.4. The smallest absolute Gasteiger partial charge is 0.256 e. The molecule has 1 amide bonds. The molecule has 0 bridgehead atoms. The number of aromatic nitrogens is 3. The summed E-state index contributed by atoms with van der Waals surface area (Å²) in [5.74, 6) is 0.426. The first kappa shape index (κ1) is 24.3. The zero-order valence-corrected chi connectivity index (χ0v) is 22.0. The Balaban J connectivity index is 1.48. The normalized spacial score (nSPS) is 19.6. The Labute approximate surface area is 215 Å². The third kappa shape index (κ3) is 4.09. The number of fused-ring (bicyclic) bond motifs is 2. The topological polar surface area (TPSA) is 143 Å². The highest BCUT2D eigenvalue weighted by Crippen LogP contribution is 2.41. The molecule has 37 heavy (non-hydrogen) atoms. The number of carbonyl (C=O) groups excluding carboxylic acids is 1. The second kappa shape index (κ2) is 8.50. The summed E-state index contributed by atoms with van der Waals surface area (Å²) in [6, 6.07) is 5.47. The lowest BCUT2D eigenvalue weighted by molar-refractivity contribution is 0.0694. The zero-order valence-electron chi connectivity index (χ0n) is 21.2. The van der Waals surface area contributed by atoms with Crippen LogP contribution in [0.25, 0.3) is 16.9 Å². The van der Waals surface area contributed by atoms with Crippen LogP contribution in [0.4, 0.5) is 5.82 Å². The minimum atomic E-state index is -3.75. The molecule has 2 fully saturated rings. The van der Waals surface area contributed by atoms with Gasteiger partial charge in [-0.15, -0.1) is 5.10 Å². The summed E-state index contributed by atoms with van der Waals surface area (Å²) in [7, 11) is -3.75. The van der Waals surface area contributed by atoms with E-state index in [0.717, 1.165) is 25.7 Å². The molecular formula is C26H32N6O4S. The van der Waals surface area contributed by atoms with Crippen LogP contribution in [-0.2, 0) is 16.4 Å². The summed E-state index contributed by atoms with van der Waals surface area (Å²) in [4.78, 5) is 20.1. The predicted octanol–water partition coefficient (Wildman–Crippen LogP) is 2.66. The summed E-state index contributed by atoms with van der Waals surface area (Å²) in [6.07, 6.45) is 4.84. The van der Waals surface area contributed by atoms with Crippen molar-refractivity contribution in [1.82, 2.24) is 24.8 Å². The van der Waals surface area contributed by atoms with Gasteiger partial charge in [-0.3, -0.25) is 10.1 Å². The number of hydrogen-bond donors (Lipinski definition) is 3. The van der Waals surface area contributed by atoms with E-state index >= 15 is 0 Å². The molecule has 3 aromatic rings. The van der Waals surface area contributed by atoms with Crippen molar-refractivity contribution in [2.75, 3.05) is 5.73 Å². The number of rotatable bonds is 8. The van der Waals surface area contributed by atoms with Gasteiger partial charge in [-0.1, -0.05) is 0 Å². The lowest BCUT2D eigenvalue weighted by Gasteiger charge is -2.24. The second-order valence-electron chi connectivity index (χ2n) is 10.8. The largest absolute Gasteiger partial charge is 0.382 e. The molecule has 0 radical (unpaired) electrons. The SMILES string of the molecule is CC(C)S(=O)(=O)c1cc(-c2ccn3nc(N)c(C(O)NC4CC4)c3n2)cc2c1C(=O)N([C@@H](C)C1CC1)C2. The highest BCUT2D eigenvalue weighted by molar-refractivity contribution is 7.92. The van der Waals surface area contributed by atoms with Gasteiger partial charge in [0.25, 0.3) is 5.91 Å². The Bertz CT molecular complexity index is 1520. The van der Waals surface area contributed by atoms with Gasteiger partial charge in [0.2, 0.25) is 0 Å². The maximum Gasteiger partial charge on any atom is 0.256 e. The molecule has 3 aliphatic rings. The molecule has 11 heteroatoms. The Hall–Kier alpha value is -3.02. The van der Waals surface area contributed by atoms with Gasteiger partial charge in [0.1, 0.15) is 6.23 Å². The van der Waals surface area contributed by atoms with Crippen LogP contribution in [0, 0.1) is 5.92 Å². The maximum absolute atomic E-state index is 13.5. The number of hydrogen-bond acceptors (Lipinski definition) is 8. The molecule has 0 saturated heterocycles. The lowest BCUT2D eigenvalue weighted by Crippen LogP contribution is -2.35. The van der Waals surface area contributed by atoms with Gasteiger partial charge in [-0.25, -0.2) is 17.9 Å². The zero-order chi connectivity index (χ0) is 26.2. The number of aliphatic hydroxyl groups excluding tert-OH is 1. The standard InChI is InChI=1S/C26H32N6O4S/c1-13(2)37(35,36)20-11-16(10-17-12-31(26(34)21(17)20)14(3)15-4-5-15)19-8-9-32-24(29-19)22(23(27)30-32)25(33)28-18-6-7-18/h8-11,13-15,18,25,28,33H,4-7,12H2,1-3H3,(H2,27,30)/t14-,25?/m0/s1. The monoisotopic (exact) mass is 524 g/mol. The molecule has 1 aromatic carbocycles. The fraction of sp³-hybridized carbons (Fsp3) is 0.500. The van der Waals surface area contributed by atoms with Crippen molar-refractivity contribution < 1.29 is 18.3 Å². The Morgan fingerprint density at radius 1 is 1.16 bits per heavy atom. The average Bonchev–Trinajstić information content (AvgIpc) is 3.78. The molecule has 196 valence electrons. The van der Waals surface area contributed by atoms with E-state index in [0.29, 0.717) is 40.5 Å². The fourth-order valence-electron chi connectivity index (χ4n) is 5.17. The molecule has 1 unspecified atom stereocenters. The number of nitrogens with two attached hydrogens (primary N) is 1. The minimum absolute atomic E-state index is 0.0517. The molecular weight excluding hydrogens is 492 g/mol. The molecule has 2 atom stereocenters. The van der Waals surface area contributed by atoms with Crippen LogP contribution in [-0.4, -0.2) is 56.3 Å². The van der Waals surface area contributed by atoms with E-state index in [1.807, 2.05) is 13.0 Å². The number of nitrogens with zero attached hydrogens (tertiary/aromatic N) is 4. The first-order valence-corrected chi connectivity index (χ1v) is 14.4. The molecule has 3 heterocycles. The Morgan fingerprint density at radius 3 is 2.54 bits per heavy atom. The number of nitrogen functional groups attached to an aromatic ring is 1. The average molecular weight is 525 g/mol. The predicted molar refractivity (Wildman–Crippen MR) is 138 cm³/mol. The van der Waals surface area contributed by atoms with Crippen LogP contribution in [0.3, 0.4) is 0 Å². The van der Waals surface area contributed by atoms with E-state index in [1.54, 1.807) is 37.1 Å². The van der Waals surface area contributed by atoms with Gasteiger partial charge in [-0.2, -0.15) is 0 Å². The van der Waals surface area contributed by atoms with E-state index in [4.69, 9.17) is 10.7 Å². The molecule has 2 aliphatic carbocycles. The minimum Gasteiger partial charge on any atom is -0.382 e. The van der Waals surface area contributed by atoms with Crippen molar-refractivity contribution >= 4 is 27.2 Å². The third-order valence-electron chi connectivity index (χ3n) is 7.81. The number of amides is 1. The molecule has 6 rings (SSSR count). The Kier molecular flexibility index (Phi) is 5.59. The molecule has 0 spiro atoms. The summed E-state index contributed by atoms with van der Waals surface area (Å²) >= 11 is 0. The third-order valence-corrected chi connectivity index (χ3v) is 9.99. The Morgan fingerprint density at radius 2 is 1.89 bits per heavy atom. The van der Waals surface area contributed by atoms with Gasteiger partial charge in [-0.05, 0) is 76.1 Å². The number of carbonyl (C=O) groups is 1. The first-order valence-electron chi connectivity index (χ1n) is 12.9. The van der Waals surface area contributed by atoms with Crippen molar-refractivity contribution in [2.45, 2.75) is 81.5 Å². The van der Waals surface area contributed by atoms with Crippen LogP contribution in [0.2, 0.25) is 0 Å². The van der Waals surface area contributed by atoms with Gasteiger partial charge < -0.3 is 15.7 Å². The van der Waals surface area contributed by atoms with Crippen LogP contribution >= 0.6 is 0 Å². The number of anilines is 1. The van der Waals surface area contributed by atoms with E-state index in [2.05, 4.69) is 10.4 Å². The van der Waals surface area contributed by atoms with Crippen molar-refractivity contribution in [3.63, 3.8) is 0 Å². The quantitative estimate of drug-likeness (QED) is 0.382. The molecule has 2 saturated carbocycles. The summed E-state index contributed by atoms with van der Waals surface area (Å²) in [5.41, 5.74) is 8.98. The number of sulfone groups is 1. The molecule has 2 aromatic heterocycles. The summed E-state index contributed by atoms with van der Waals surface area (Å²) in [5, 5.41) is 17.5. The van der Waals surface area contributed by atoms with Crippen molar-refractivity contribution in [2.24, 2.45) is 5.92 Å². The van der Waals surface area contributed by atoms with Crippen molar-refractivity contribution in [3.05, 3.63) is 41.1 Å². The van der Waals surface area contributed by atoms with Gasteiger partial charge >= 0.3 is 0 Å². The first-order chi connectivity index (χ1) is 17.6. The van der Waals surface area contributed by atoms with E-state index in [-0.39, 0.29) is 34.3 Å². The summed E-state index contributed by atoms with van der Waals surface area (Å²) in [6.45, 7) is 5.66. The van der Waals surface area contributed by atoms with Crippen molar-refractivity contribution in [1.29, 1.82) is 0 Å². The van der Waals surface area contributed by atoms with E-state index in [1.165, 1.54) is 4.52 Å². The maximum atomic E-state index is 13.5. The van der Waals surface area contributed by atoms with Crippen LogP contribution in [0.5, 0.6) is 0 Å². The van der Waals surface area contributed by atoms with Gasteiger partial charge in [0.15, 0.2) is 21.3 Å². The van der Waals surface area contributed by atoms with Crippen LogP contribution < -0.4 is 11.1 Å². The molecule has 10 nitrogen and oxygen atoms in total. The highest BCUT2D eigenvalue weighted by atomic mass is 32.2. The highest BCUT2D eigenvalue weighted by Gasteiger charge is 2.42. The van der Waals surface area contributed by atoms with Gasteiger partial charge in [0.05, 0.1) is 27.0 Å². The lowest BCUT2D eigenvalue weighted by atomic mass is 10.0.